The first-order valence-electron chi connectivity index (χ1n) is 19.1. The Labute approximate surface area is 290 Å². The Hall–Kier alpha value is -1.18. The third kappa shape index (κ3) is 35.9. The highest BCUT2D eigenvalue weighted by atomic mass is 31.2. The summed E-state index contributed by atoms with van der Waals surface area (Å²) in [6, 6.07) is 0. The Morgan fingerprint density at radius 3 is 1.70 bits per heavy atom. The van der Waals surface area contributed by atoms with E-state index in [0.29, 0.717) is 17.4 Å². The molecule has 278 valence electrons. The van der Waals surface area contributed by atoms with Crippen molar-refractivity contribution in [3.8, 4) is 0 Å². The van der Waals surface area contributed by atoms with Gasteiger partial charge in [-0.25, -0.2) is 4.57 Å². The number of hydrogen-bond acceptors (Lipinski definition) is 6. The van der Waals surface area contributed by atoms with Gasteiger partial charge >= 0.3 is 13.8 Å². The second-order valence-electron chi connectivity index (χ2n) is 14.0. The van der Waals surface area contributed by atoms with Crippen molar-refractivity contribution in [2.75, 3.05) is 47.5 Å². The van der Waals surface area contributed by atoms with Crippen molar-refractivity contribution in [2.24, 2.45) is 0 Å². The summed E-state index contributed by atoms with van der Waals surface area (Å²) in [6.07, 6.45) is 34.5. The second kappa shape index (κ2) is 32.0. The molecular weight excluding hydrogens is 613 g/mol. The Morgan fingerprint density at radius 2 is 1.15 bits per heavy atom. The molecular formula is C38H75NO7P+. The molecule has 0 aromatic heterocycles. The highest BCUT2D eigenvalue weighted by molar-refractivity contribution is 7.47. The van der Waals surface area contributed by atoms with E-state index in [9.17, 15) is 14.3 Å². The summed E-state index contributed by atoms with van der Waals surface area (Å²) in [6.45, 7) is 4.85. The molecule has 0 aromatic carbocycles. The number of carbonyl (C=O) groups excluding carboxylic acids is 1. The fraction of sp³-hybridized carbons (Fsp3) is 0.868. The van der Waals surface area contributed by atoms with Gasteiger partial charge in [0.2, 0.25) is 0 Å². The van der Waals surface area contributed by atoms with Crippen LogP contribution in [0, 0.1) is 0 Å². The minimum absolute atomic E-state index is 0.0506. The predicted octanol–water partition coefficient (Wildman–Crippen LogP) is 10.8. The lowest BCUT2D eigenvalue weighted by Crippen LogP contribution is -2.37. The molecule has 0 aliphatic rings. The lowest BCUT2D eigenvalue weighted by Gasteiger charge is -2.24. The third-order valence-electron chi connectivity index (χ3n) is 8.10. The van der Waals surface area contributed by atoms with Gasteiger partial charge in [-0.05, 0) is 44.6 Å². The first kappa shape index (κ1) is 45.8. The number of rotatable bonds is 35. The van der Waals surface area contributed by atoms with Crippen LogP contribution < -0.4 is 0 Å². The van der Waals surface area contributed by atoms with E-state index in [-0.39, 0.29) is 25.8 Å². The van der Waals surface area contributed by atoms with E-state index in [4.69, 9.17) is 18.5 Å². The standard InChI is InChI=1S/C38H74NO7P/c1-6-8-10-12-14-16-18-19-20-22-24-26-28-30-33-43-37(36-46-47(41,42)45-34-32-39(3,4)5)35-44-38(40)31-29-27-25-23-21-17-15-13-11-9-7-2/h13,15,30,33,37H,6-12,14,16-29,31-32,34-36H2,1-5H3/p+1/b15-13-,33-30-/t37-/m1/s1. The van der Waals surface area contributed by atoms with Crippen molar-refractivity contribution in [3.63, 3.8) is 0 Å². The van der Waals surface area contributed by atoms with E-state index in [1.54, 1.807) is 6.26 Å². The molecule has 1 unspecified atom stereocenters. The largest absolute Gasteiger partial charge is 0.492 e. The number of allylic oxidation sites excluding steroid dienone is 3. The topological polar surface area (TPSA) is 91.3 Å². The molecule has 0 bridgehead atoms. The van der Waals surface area contributed by atoms with Gasteiger partial charge in [0.1, 0.15) is 19.8 Å². The molecule has 0 radical (unpaired) electrons. The molecule has 47 heavy (non-hydrogen) atoms. The van der Waals surface area contributed by atoms with Crippen LogP contribution >= 0.6 is 7.82 Å². The Kier molecular flexibility index (Phi) is 31.2. The lowest BCUT2D eigenvalue weighted by molar-refractivity contribution is -0.870. The zero-order valence-electron chi connectivity index (χ0n) is 31.3. The van der Waals surface area contributed by atoms with Gasteiger partial charge in [-0.15, -0.1) is 0 Å². The zero-order valence-corrected chi connectivity index (χ0v) is 32.2. The summed E-state index contributed by atoms with van der Waals surface area (Å²) in [5.74, 6) is -0.288. The molecule has 0 saturated carbocycles. The van der Waals surface area contributed by atoms with Crippen LogP contribution in [-0.2, 0) is 27.9 Å². The highest BCUT2D eigenvalue weighted by Gasteiger charge is 2.25. The number of unbranched alkanes of at least 4 members (excludes halogenated alkanes) is 19. The molecule has 0 heterocycles. The van der Waals surface area contributed by atoms with E-state index in [2.05, 4.69) is 26.0 Å². The number of phosphoric acid groups is 1. The number of quaternary nitrogens is 1. The normalized spacial score (nSPS) is 14.2. The van der Waals surface area contributed by atoms with Crippen LogP contribution in [0.1, 0.15) is 162 Å². The van der Waals surface area contributed by atoms with E-state index >= 15 is 0 Å². The molecule has 9 heteroatoms. The Balaban J connectivity index is 4.37. The zero-order chi connectivity index (χ0) is 34.9. The predicted molar refractivity (Wildman–Crippen MR) is 196 cm³/mol. The van der Waals surface area contributed by atoms with Gasteiger partial charge in [-0.2, -0.15) is 0 Å². The van der Waals surface area contributed by atoms with Crippen molar-refractivity contribution >= 4 is 13.8 Å². The number of esters is 1. The van der Waals surface area contributed by atoms with Crippen LogP contribution in [0.2, 0.25) is 0 Å². The molecule has 2 atom stereocenters. The van der Waals surface area contributed by atoms with Crippen LogP contribution in [-0.4, -0.2) is 69.0 Å². The Morgan fingerprint density at radius 1 is 0.660 bits per heavy atom. The number of phosphoric ester groups is 1. The van der Waals surface area contributed by atoms with E-state index in [0.717, 1.165) is 38.5 Å². The second-order valence-corrected chi connectivity index (χ2v) is 15.5. The summed E-state index contributed by atoms with van der Waals surface area (Å²) in [7, 11) is 1.67. The van der Waals surface area contributed by atoms with Gasteiger partial charge in [0.05, 0.1) is 34.0 Å². The molecule has 0 aliphatic carbocycles. The smallest absolute Gasteiger partial charge is 0.472 e. The molecule has 0 rings (SSSR count). The fourth-order valence-corrected chi connectivity index (χ4v) is 5.73. The van der Waals surface area contributed by atoms with Crippen LogP contribution in [0.3, 0.4) is 0 Å². The molecule has 0 fully saturated rings. The van der Waals surface area contributed by atoms with E-state index in [1.165, 1.54) is 103 Å². The van der Waals surface area contributed by atoms with Crippen LogP contribution in [0.4, 0.5) is 0 Å². The SMILES string of the molecule is CCCC/C=C\CCCCCCCC(=O)OC[C@H](COP(=O)(O)OCC[N+](C)(C)C)O/C=C\CCCCCCCCCCCCCC. The van der Waals surface area contributed by atoms with E-state index in [1.807, 2.05) is 27.2 Å². The maximum absolute atomic E-state index is 12.4. The molecule has 0 amide bonds. The number of carbonyl (C=O) groups is 1. The summed E-state index contributed by atoms with van der Waals surface area (Å²) < 4.78 is 34.6. The first-order chi connectivity index (χ1) is 22.6. The highest BCUT2D eigenvalue weighted by Crippen LogP contribution is 2.43. The summed E-state index contributed by atoms with van der Waals surface area (Å²) >= 11 is 0. The first-order valence-corrected chi connectivity index (χ1v) is 20.6. The maximum atomic E-state index is 12.4. The quantitative estimate of drug-likeness (QED) is 0.0177. The number of hydrogen-bond donors (Lipinski definition) is 1. The fourth-order valence-electron chi connectivity index (χ4n) is 4.99. The molecule has 0 saturated heterocycles. The van der Waals surface area contributed by atoms with Crippen LogP contribution in [0.5, 0.6) is 0 Å². The Bertz CT molecular complexity index is 812. The average Bonchev–Trinajstić information content (AvgIpc) is 3.01. The van der Waals surface area contributed by atoms with Gasteiger partial charge in [0, 0.05) is 6.42 Å². The molecule has 0 spiro atoms. The third-order valence-corrected chi connectivity index (χ3v) is 9.09. The van der Waals surface area contributed by atoms with Gasteiger partial charge in [0.15, 0.2) is 6.10 Å². The number of likely N-dealkylation sites (N-methyl/N-ethyl adjacent to an activating group) is 1. The van der Waals surface area contributed by atoms with Crippen molar-refractivity contribution in [2.45, 2.75) is 168 Å². The van der Waals surface area contributed by atoms with Crippen molar-refractivity contribution in [3.05, 3.63) is 24.5 Å². The van der Waals surface area contributed by atoms with Crippen LogP contribution in [0.25, 0.3) is 0 Å². The summed E-state index contributed by atoms with van der Waals surface area (Å²) in [5.41, 5.74) is 0. The summed E-state index contributed by atoms with van der Waals surface area (Å²) in [5, 5.41) is 0. The average molecular weight is 689 g/mol. The monoisotopic (exact) mass is 689 g/mol. The summed E-state index contributed by atoms with van der Waals surface area (Å²) in [4.78, 5) is 22.5. The minimum Gasteiger partial charge on any atom is -0.492 e. The van der Waals surface area contributed by atoms with Gasteiger partial charge in [-0.3, -0.25) is 13.8 Å². The van der Waals surface area contributed by atoms with E-state index < -0.39 is 13.9 Å². The van der Waals surface area contributed by atoms with Gasteiger partial charge in [0.25, 0.3) is 0 Å². The van der Waals surface area contributed by atoms with Crippen molar-refractivity contribution in [1.82, 2.24) is 0 Å². The van der Waals surface area contributed by atoms with Crippen LogP contribution in [0.15, 0.2) is 24.5 Å². The number of ether oxygens (including phenoxy) is 2. The molecule has 8 nitrogen and oxygen atoms in total. The van der Waals surface area contributed by atoms with Crippen molar-refractivity contribution < 1.29 is 37.3 Å². The molecule has 1 N–H and O–H groups in total. The number of nitrogens with zero attached hydrogens (tertiary/aromatic N) is 1. The minimum atomic E-state index is -4.25. The van der Waals surface area contributed by atoms with Crippen molar-refractivity contribution in [1.29, 1.82) is 0 Å². The lowest BCUT2D eigenvalue weighted by atomic mass is 10.0. The maximum Gasteiger partial charge on any atom is 0.472 e. The molecule has 0 aromatic rings. The van der Waals surface area contributed by atoms with Gasteiger partial charge in [-0.1, -0.05) is 129 Å². The van der Waals surface area contributed by atoms with Gasteiger partial charge < -0.3 is 18.9 Å². The molecule has 0 aliphatic heterocycles.